The van der Waals surface area contributed by atoms with E-state index in [2.05, 4.69) is 12.7 Å². The molecule has 1 radical (unpaired) electrons. The van der Waals surface area contributed by atoms with Crippen LogP contribution in [0.1, 0.15) is 12.5 Å². The highest BCUT2D eigenvalue weighted by atomic mass is 16.5. The fourth-order valence-corrected chi connectivity index (χ4v) is 1.08. The van der Waals surface area contributed by atoms with Gasteiger partial charge >= 0.3 is 0 Å². The number of rotatable bonds is 4. The molecule has 0 saturated heterocycles. The number of methoxy groups -OCH3 is 1. The molecule has 0 aliphatic carbocycles. The van der Waals surface area contributed by atoms with Crippen molar-refractivity contribution in [3.05, 3.63) is 36.4 Å². The third-order valence-corrected chi connectivity index (χ3v) is 1.67. The van der Waals surface area contributed by atoms with Crippen LogP contribution in [0.2, 0.25) is 0 Å². The van der Waals surface area contributed by atoms with Gasteiger partial charge in [0.2, 0.25) is 0 Å². The van der Waals surface area contributed by atoms with Gasteiger partial charge in [0.1, 0.15) is 11.5 Å². The molecule has 0 amide bonds. The predicted octanol–water partition coefficient (Wildman–Crippen LogP) is 2.43. The molecule has 1 aromatic rings. The van der Waals surface area contributed by atoms with E-state index >= 15 is 0 Å². The van der Waals surface area contributed by atoms with Crippen LogP contribution in [0.25, 0.3) is 0 Å². The quantitative estimate of drug-likeness (QED) is 0.703. The molecule has 0 bridgehead atoms. The van der Waals surface area contributed by atoms with Crippen LogP contribution >= 0.6 is 0 Å². The lowest BCUT2D eigenvalue weighted by Crippen LogP contribution is -1.93. The molecule has 0 aliphatic heterocycles. The molecule has 0 N–H and O–H groups in total. The first-order valence-electron chi connectivity index (χ1n) is 4.15. The first-order chi connectivity index (χ1) is 6.31. The Balaban J connectivity index is 2.98. The van der Waals surface area contributed by atoms with E-state index in [9.17, 15) is 0 Å². The fraction of sp³-hybridized carbons (Fsp3) is 0.273. The van der Waals surface area contributed by atoms with E-state index in [1.54, 1.807) is 7.11 Å². The van der Waals surface area contributed by atoms with Crippen LogP contribution in [-0.4, -0.2) is 13.7 Å². The van der Waals surface area contributed by atoms with Crippen molar-refractivity contribution in [3.63, 3.8) is 0 Å². The molecule has 0 saturated carbocycles. The van der Waals surface area contributed by atoms with Gasteiger partial charge in [-0.3, -0.25) is 0 Å². The summed E-state index contributed by atoms with van der Waals surface area (Å²) in [4.78, 5) is 0. The second kappa shape index (κ2) is 4.55. The Morgan fingerprint density at radius 3 is 2.77 bits per heavy atom. The van der Waals surface area contributed by atoms with Gasteiger partial charge in [-0.25, -0.2) is 0 Å². The molecule has 0 aromatic heterocycles. The highest BCUT2D eigenvalue weighted by Gasteiger charge is 2.01. The summed E-state index contributed by atoms with van der Waals surface area (Å²) < 4.78 is 10.4. The third kappa shape index (κ3) is 2.25. The number of benzene rings is 1. The standard InChI is InChI=1S/C11H13O2/c1-4-9-8-10(13-5-2)6-7-11(9)12-3/h6-8H,1,5H2,2-3H3. The van der Waals surface area contributed by atoms with Crippen LogP contribution in [0.4, 0.5) is 0 Å². The van der Waals surface area contributed by atoms with E-state index in [0.29, 0.717) is 6.61 Å². The average Bonchev–Trinajstić information content (AvgIpc) is 2.18. The van der Waals surface area contributed by atoms with Crippen molar-refractivity contribution in [2.24, 2.45) is 0 Å². The number of hydrogen-bond donors (Lipinski definition) is 0. The van der Waals surface area contributed by atoms with Crippen molar-refractivity contribution in [2.75, 3.05) is 13.7 Å². The lowest BCUT2D eigenvalue weighted by Gasteiger charge is -2.07. The van der Waals surface area contributed by atoms with Crippen molar-refractivity contribution >= 4 is 0 Å². The van der Waals surface area contributed by atoms with E-state index in [4.69, 9.17) is 9.47 Å². The van der Waals surface area contributed by atoms with Gasteiger partial charge in [0.25, 0.3) is 0 Å². The second-order valence-electron chi connectivity index (χ2n) is 2.47. The first-order valence-corrected chi connectivity index (χ1v) is 4.15. The molecule has 0 atom stereocenters. The Kier molecular flexibility index (Phi) is 3.38. The maximum Gasteiger partial charge on any atom is 0.126 e. The molecular formula is C11H13O2. The predicted molar refractivity (Wildman–Crippen MR) is 52.1 cm³/mol. The Morgan fingerprint density at radius 2 is 2.23 bits per heavy atom. The molecule has 0 aliphatic rings. The van der Waals surface area contributed by atoms with E-state index < -0.39 is 0 Å². The summed E-state index contributed by atoms with van der Waals surface area (Å²) in [5, 5.41) is 0. The maximum atomic E-state index is 5.32. The molecule has 1 aromatic carbocycles. The fourth-order valence-electron chi connectivity index (χ4n) is 1.08. The molecule has 0 spiro atoms. The summed E-state index contributed by atoms with van der Waals surface area (Å²) in [5.74, 6) is 1.58. The van der Waals surface area contributed by atoms with E-state index in [1.165, 1.54) is 0 Å². The first kappa shape index (κ1) is 9.65. The van der Waals surface area contributed by atoms with Gasteiger partial charge in [-0.1, -0.05) is 6.58 Å². The molecule has 0 fully saturated rings. The summed E-state index contributed by atoms with van der Waals surface area (Å²) in [6.45, 7) is 6.18. The van der Waals surface area contributed by atoms with Gasteiger partial charge in [0, 0.05) is 5.56 Å². The molecular weight excluding hydrogens is 164 g/mol. The highest BCUT2D eigenvalue weighted by molar-refractivity contribution is 5.43. The van der Waals surface area contributed by atoms with Crippen LogP contribution in [0.5, 0.6) is 11.5 Å². The van der Waals surface area contributed by atoms with Crippen molar-refractivity contribution in [2.45, 2.75) is 6.92 Å². The van der Waals surface area contributed by atoms with Crippen LogP contribution < -0.4 is 9.47 Å². The lowest BCUT2D eigenvalue weighted by molar-refractivity contribution is 0.338. The van der Waals surface area contributed by atoms with Crippen LogP contribution in [0.15, 0.2) is 24.8 Å². The van der Waals surface area contributed by atoms with Crippen LogP contribution in [0, 0.1) is 6.08 Å². The SMILES string of the molecule is C=[C]c1cc(OCC)ccc1OC. The third-order valence-electron chi connectivity index (χ3n) is 1.67. The summed E-state index contributed by atoms with van der Waals surface area (Å²) >= 11 is 0. The van der Waals surface area contributed by atoms with Crippen molar-refractivity contribution < 1.29 is 9.47 Å². The topological polar surface area (TPSA) is 18.5 Å². The minimum Gasteiger partial charge on any atom is -0.496 e. The van der Waals surface area contributed by atoms with Gasteiger partial charge in [0.05, 0.1) is 13.7 Å². The maximum absolute atomic E-state index is 5.32. The lowest BCUT2D eigenvalue weighted by atomic mass is 10.2. The van der Waals surface area contributed by atoms with Crippen LogP contribution in [0.3, 0.4) is 0 Å². The van der Waals surface area contributed by atoms with E-state index in [-0.39, 0.29) is 0 Å². The van der Waals surface area contributed by atoms with Gasteiger partial charge in [-0.2, -0.15) is 0 Å². The highest BCUT2D eigenvalue weighted by Crippen LogP contribution is 2.23. The molecule has 0 heterocycles. The number of ether oxygens (including phenoxy) is 2. The van der Waals surface area contributed by atoms with E-state index in [1.807, 2.05) is 25.1 Å². The molecule has 0 unspecified atom stereocenters. The monoisotopic (exact) mass is 177 g/mol. The van der Waals surface area contributed by atoms with Crippen molar-refractivity contribution in [1.82, 2.24) is 0 Å². The van der Waals surface area contributed by atoms with Gasteiger partial charge in [-0.15, -0.1) is 0 Å². The van der Waals surface area contributed by atoms with E-state index in [0.717, 1.165) is 17.1 Å². The summed E-state index contributed by atoms with van der Waals surface area (Å²) in [5.41, 5.74) is 0.827. The van der Waals surface area contributed by atoms with Crippen LogP contribution in [-0.2, 0) is 0 Å². The van der Waals surface area contributed by atoms with Crippen molar-refractivity contribution in [1.29, 1.82) is 0 Å². The van der Waals surface area contributed by atoms with Gasteiger partial charge < -0.3 is 9.47 Å². The summed E-state index contributed by atoms with van der Waals surface area (Å²) in [7, 11) is 1.62. The number of hydrogen-bond acceptors (Lipinski definition) is 2. The summed E-state index contributed by atoms with van der Waals surface area (Å²) in [6, 6.07) is 5.57. The smallest absolute Gasteiger partial charge is 0.126 e. The molecule has 13 heavy (non-hydrogen) atoms. The molecule has 2 nitrogen and oxygen atoms in total. The Bertz CT molecular complexity index is 292. The average molecular weight is 177 g/mol. The second-order valence-corrected chi connectivity index (χ2v) is 2.47. The zero-order chi connectivity index (χ0) is 9.68. The largest absolute Gasteiger partial charge is 0.496 e. The zero-order valence-corrected chi connectivity index (χ0v) is 7.96. The van der Waals surface area contributed by atoms with Gasteiger partial charge in [0.15, 0.2) is 0 Å². The summed E-state index contributed by atoms with van der Waals surface area (Å²) in [6.07, 6.45) is 2.79. The minimum atomic E-state index is 0.656. The Hall–Kier alpha value is -1.44. The minimum absolute atomic E-state index is 0.656. The Labute approximate surface area is 78.8 Å². The normalized spacial score (nSPS) is 9.38. The molecule has 2 heteroatoms. The van der Waals surface area contributed by atoms with Gasteiger partial charge in [-0.05, 0) is 31.2 Å². The molecule has 69 valence electrons. The van der Waals surface area contributed by atoms with Crippen molar-refractivity contribution in [3.8, 4) is 11.5 Å². The zero-order valence-electron chi connectivity index (χ0n) is 7.96. The molecule has 1 rings (SSSR count). The Morgan fingerprint density at radius 1 is 1.46 bits per heavy atom.